The number of aliphatic hydroxyl groups is 1. The highest BCUT2D eigenvalue weighted by Gasteiger charge is 2.34. The molecule has 1 aliphatic heterocycles. The third-order valence-electron chi connectivity index (χ3n) is 3.59. The lowest BCUT2D eigenvalue weighted by Gasteiger charge is -2.23. The Morgan fingerprint density at radius 2 is 2.14 bits per heavy atom. The van der Waals surface area contributed by atoms with Crippen LogP contribution >= 0.6 is 0 Å². The van der Waals surface area contributed by atoms with E-state index >= 15 is 0 Å². The van der Waals surface area contributed by atoms with Crippen LogP contribution in [-0.2, 0) is 0 Å². The maximum absolute atomic E-state index is 9.66. The summed E-state index contributed by atoms with van der Waals surface area (Å²) in [6, 6.07) is 0.686. The lowest BCUT2D eigenvalue weighted by Crippen LogP contribution is -2.31. The molecule has 2 nitrogen and oxygen atoms in total. The predicted octanol–water partition coefficient (Wildman–Crippen LogP) is 2.02. The molecule has 1 heterocycles. The van der Waals surface area contributed by atoms with E-state index in [4.69, 9.17) is 0 Å². The highest BCUT2D eigenvalue weighted by atomic mass is 16.3. The van der Waals surface area contributed by atoms with Gasteiger partial charge in [0.2, 0.25) is 0 Å². The average molecular weight is 197 g/mol. The first-order valence-corrected chi connectivity index (χ1v) is 6.21. The van der Waals surface area contributed by atoms with Gasteiger partial charge in [-0.2, -0.15) is 0 Å². The summed E-state index contributed by atoms with van der Waals surface area (Å²) in [6.07, 6.45) is 7.71. The van der Waals surface area contributed by atoms with Crippen molar-refractivity contribution in [2.75, 3.05) is 13.1 Å². The van der Waals surface area contributed by atoms with Crippen LogP contribution < -0.4 is 0 Å². The summed E-state index contributed by atoms with van der Waals surface area (Å²) in [5.74, 6) is 0.962. The average Bonchev–Trinajstić information content (AvgIpc) is 2.88. The SMILES string of the molecule is CCCC[C@H]1C[C@H](O)CN1CC1CC1. The Morgan fingerprint density at radius 1 is 1.36 bits per heavy atom. The van der Waals surface area contributed by atoms with Gasteiger partial charge >= 0.3 is 0 Å². The van der Waals surface area contributed by atoms with Gasteiger partial charge in [0.15, 0.2) is 0 Å². The van der Waals surface area contributed by atoms with Crippen molar-refractivity contribution in [1.82, 2.24) is 4.90 Å². The number of likely N-dealkylation sites (tertiary alicyclic amines) is 1. The van der Waals surface area contributed by atoms with Crippen LogP contribution in [-0.4, -0.2) is 35.2 Å². The highest BCUT2D eigenvalue weighted by Crippen LogP contribution is 2.33. The van der Waals surface area contributed by atoms with Gasteiger partial charge in [0.05, 0.1) is 6.10 Å². The Labute approximate surface area is 87.3 Å². The molecule has 1 N–H and O–H groups in total. The van der Waals surface area contributed by atoms with E-state index in [2.05, 4.69) is 11.8 Å². The van der Waals surface area contributed by atoms with Crippen LogP contribution in [0.1, 0.15) is 45.4 Å². The molecule has 1 saturated carbocycles. The molecule has 0 aromatic heterocycles. The minimum absolute atomic E-state index is 0.0457. The van der Waals surface area contributed by atoms with E-state index in [1.165, 1.54) is 38.6 Å². The van der Waals surface area contributed by atoms with Gasteiger partial charge in [0, 0.05) is 19.1 Å². The van der Waals surface area contributed by atoms with Crippen LogP contribution in [0.4, 0.5) is 0 Å². The van der Waals surface area contributed by atoms with Gasteiger partial charge in [0.25, 0.3) is 0 Å². The number of hydrogen-bond acceptors (Lipinski definition) is 2. The summed E-state index contributed by atoms with van der Waals surface area (Å²) in [7, 11) is 0. The minimum atomic E-state index is -0.0457. The fourth-order valence-electron chi connectivity index (χ4n) is 2.55. The van der Waals surface area contributed by atoms with Gasteiger partial charge in [-0.25, -0.2) is 0 Å². The van der Waals surface area contributed by atoms with Crippen molar-refractivity contribution < 1.29 is 5.11 Å². The molecule has 0 aromatic rings. The number of nitrogens with zero attached hydrogens (tertiary/aromatic N) is 1. The summed E-state index contributed by atoms with van der Waals surface area (Å²) in [6.45, 7) is 4.44. The molecule has 82 valence electrons. The van der Waals surface area contributed by atoms with Gasteiger partial charge in [-0.05, 0) is 31.6 Å². The number of unbranched alkanes of at least 4 members (excludes halogenated alkanes) is 1. The molecule has 2 atom stereocenters. The third-order valence-corrected chi connectivity index (χ3v) is 3.59. The molecule has 1 saturated heterocycles. The predicted molar refractivity (Wildman–Crippen MR) is 58.2 cm³/mol. The van der Waals surface area contributed by atoms with E-state index in [9.17, 15) is 5.11 Å². The zero-order valence-electron chi connectivity index (χ0n) is 9.28. The summed E-state index contributed by atoms with van der Waals surface area (Å²) >= 11 is 0. The lowest BCUT2D eigenvalue weighted by atomic mass is 10.1. The lowest BCUT2D eigenvalue weighted by molar-refractivity contribution is 0.172. The molecule has 2 aliphatic rings. The van der Waals surface area contributed by atoms with Gasteiger partial charge in [-0.3, -0.25) is 4.90 Å². The first-order chi connectivity index (χ1) is 6.79. The third kappa shape index (κ3) is 2.71. The van der Waals surface area contributed by atoms with E-state index in [1.54, 1.807) is 0 Å². The second-order valence-electron chi connectivity index (χ2n) is 5.08. The maximum atomic E-state index is 9.66. The number of aliphatic hydroxyl groups excluding tert-OH is 1. The Morgan fingerprint density at radius 3 is 2.79 bits per heavy atom. The zero-order chi connectivity index (χ0) is 9.97. The molecule has 0 spiro atoms. The summed E-state index contributed by atoms with van der Waals surface area (Å²) in [4.78, 5) is 2.54. The van der Waals surface area contributed by atoms with Gasteiger partial charge in [-0.1, -0.05) is 19.8 Å². The van der Waals surface area contributed by atoms with Crippen LogP contribution in [0, 0.1) is 5.92 Å². The topological polar surface area (TPSA) is 23.5 Å². The minimum Gasteiger partial charge on any atom is -0.392 e. The van der Waals surface area contributed by atoms with Crippen molar-refractivity contribution in [2.24, 2.45) is 5.92 Å². The quantitative estimate of drug-likeness (QED) is 0.729. The van der Waals surface area contributed by atoms with Crippen LogP contribution in [0.5, 0.6) is 0 Å². The highest BCUT2D eigenvalue weighted by molar-refractivity contribution is 4.88. The summed E-state index contributed by atoms with van der Waals surface area (Å²) < 4.78 is 0. The molecule has 2 rings (SSSR count). The second-order valence-corrected chi connectivity index (χ2v) is 5.08. The molecule has 2 fully saturated rings. The van der Waals surface area contributed by atoms with Crippen molar-refractivity contribution in [3.05, 3.63) is 0 Å². The standard InChI is InChI=1S/C12H23NO/c1-2-3-4-11-7-12(14)9-13(11)8-10-5-6-10/h10-12,14H,2-9H2,1H3/t11-,12-/m0/s1. The van der Waals surface area contributed by atoms with Crippen molar-refractivity contribution in [3.63, 3.8) is 0 Å². The van der Waals surface area contributed by atoms with Crippen molar-refractivity contribution in [1.29, 1.82) is 0 Å². The molecule has 0 radical (unpaired) electrons. The molecule has 0 bridgehead atoms. The van der Waals surface area contributed by atoms with Crippen LogP contribution in [0.3, 0.4) is 0 Å². The van der Waals surface area contributed by atoms with Crippen molar-refractivity contribution in [2.45, 2.75) is 57.6 Å². The molecular formula is C12H23NO. The number of β-amino-alcohol motifs (C(OH)–C–C–N with tert-alkyl or cyclic N) is 1. The van der Waals surface area contributed by atoms with Crippen molar-refractivity contribution in [3.8, 4) is 0 Å². The molecule has 0 amide bonds. The second kappa shape index (κ2) is 4.63. The Balaban J connectivity index is 1.78. The van der Waals surface area contributed by atoms with E-state index in [-0.39, 0.29) is 6.10 Å². The number of rotatable bonds is 5. The first-order valence-electron chi connectivity index (χ1n) is 6.21. The van der Waals surface area contributed by atoms with E-state index < -0.39 is 0 Å². The largest absolute Gasteiger partial charge is 0.392 e. The van der Waals surface area contributed by atoms with Gasteiger partial charge in [-0.15, -0.1) is 0 Å². The molecule has 14 heavy (non-hydrogen) atoms. The van der Waals surface area contributed by atoms with Crippen molar-refractivity contribution >= 4 is 0 Å². The Hall–Kier alpha value is -0.0800. The molecule has 0 aromatic carbocycles. The Kier molecular flexibility index (Phi) is 3.45. The first kappa shape index (κ1) is 10.4. The Bertz CT molecular complexity index is 179. The normalized spacial score (nSPS) is 33.9. The molecule has 2 heteroatoms. The van der Waals surface area contributed by atoms with Crippen LogP contribution in [0.15, 0.2) is 0 Å². The molecule has 0 unspecified atom stereocenters. The van der Waals surface area contributed by atoms with Crippen LogP contribution in [0.25, 0.3) is 0 Å². The molecule has 1 aliphatic carbocycles. The van der Waals surface area contributed by atoms with E-state index in [0.29, 0.717) is 6.04 Å². The fourth-order valence-corrected chi connectivity index (χ4v) is 2.55. The maximum Gasteiger partial charge on any atom is 0.0682 e. The van der Waals surface area contributed by atoms with Gasteiger partial charge in [0.1, 0.15) is 0 Å². The molecular weight excluding hydrogens is 174 g/mol. The fraction of sp³-hybridized carbons (Fsp3) is 1.00. The van der Waals surface area contributed by atoms with E-state index in [1.807, 2.05) is 0 Å². The van der Waals surface area contributed by atoms with E-state index in [0.717, 1.165) is 18.9 Å². The smallest absolute Gasteiger partial charge is 0.0682 e. The van der Waals surface area contributed by atoms with Gasteiger partial charge < -0.3 is 5.11 Å². The number of hydrogen-bond donors (Lipinski definition) is 1. The zero-order valence-corrected chi connectivity index (χ0v) is 9.28. The summed E-state index contributed by atoms with van der Waals surface area (Å²) in [5, 5.41) is 9.66. The monoisotopic (exact) mass is 197 g/mol. The van der Waals surface area contributed by atoms with Crippen LogP contribution in [0.2, 0.25) is 0 Å². The summed E-state index contributed by atoms with van der Waals surface area (Å²) in [5.41, 5.74) is 0.